The lowest BCUT2D eigenvalue weighted by atomic mass is 10.2. The molecule has 5 nitrogen and oxygen atoms in total. The molecule has 0 amide bonds. The molecule has 0 aliphatic heterocycles. The summed E-state index contributed by atoms with van der Waals surface area (Å²) in [5.41, 5.74) is -0.0990. The predicted octanol–water partition coefficient (Wildman–Crippen LogP) is 0.760. The molecule has 0 fully saturated rings. The van der Waals surface area contributed by atoms with Gasteiger partial charge in [-0.2, -0.15) is 0 Å². The minimum absolute atomic E-state index is 0.0990. The van der Waals surface area contributed by atoms with E-state index in [1.165, 1.54) is 24.3 Å². The van der Waals surface area contributed by atoms with Crippen LogP contribution in [0.15, 0.2) is 24.3 Å². The van der Waals surface area contributed by atoms with Crippen LogP contribution in [0.4, 0.5) is 0 Å². The van der Waals surface area contributed by atoms with Crippen molar-refractivity contribution >= 4 is 14.6 Å². The van der Waals surface area contributed by atoms with Gasteiger partial charge in [-0.3, -0.25) is 0 Å². The molecule has 0 aromatic heterocycles. The molecule has 0 heterocycles. The van der Waals surface area contributed by atoms with E-state index in [-0.39, 0.29) is 11.3 Å². The highest BCUT2D eigenvalue weighted by Crippen LogP contribution is 2.28. The molecule has 70 valence electrons. The monoisotopic (exact) mass is 202 g/mol. The Bertz CT molecular complexity index is 312. The van der Waals surface area contributed by atoms with Gasteiger partial charge in [-0.25, -0.2) is 4.79 Å². The van der Waals surface area contributed by atoms with Crippen molar-refractivity contribution in [1.29, 1.82) is 0 Å². The van der Waals surface area contributed by atoms with Crippen LogP contribution < -0.4 is 0 Å². The van der Waals surface area contributed by atoms with Gasteiger partial charge < -0.3 is 19.4 Å². The summed E-state index contributed by atoms with van der Waals surface area (Å²) in [5, 5.41) is 9.14. The molecule has 0 spiro atoms. The maximum Gasteiger partial charge on any atom is 0.394 e. The Morgan fingerprint density at radius 1 is 1.31 bits per heavy atom. The zero-order valence-corrected chi connectivity index (χ0v) is 7.31. The van der Waals surface area contributed by atoms with Crippen molar-refractivity contribution in [3.8, 4) is 5.75 Å². The van der Waals surface area contributed by atoms with Gasteiger partial charge in [0.1, 0.15) is 11.3 Å². The number of benzene rings is 1. The van der Waals surface area contributed by atoms with Crippen molar-refractivity contribution in [2.45, 2.75) is 0 Å². The van der Waals surface area contributed by atoms with E-state index in [1.54, 1.807) is 0 Å². The number of aromatic hydroxyl groups is 1. The molecule has 0 saturated carbocycles. The molecular weight excluding hydrogens is 195 g/mol. The average molecular weight is 202 g/mol. The highest BCUT2D eigenvalue weighted by molar-refractivity contribution is 7.40. The molecule has 6 heteroatoms. The number of phenols is 1. The minimum atomic E-state index is -2.74. The predicted molar refractivity (Wildman–Crippen MR) is 44.9 cm³/mol. The van der Waals surface area contributed by atoms with E-state index in [0.717, 1.165) is 0 Å². The Balaban J connectivity index is 2.83. The number of hydrogen-bond acceptors (Lipinski definition) is 5. The van der Waals surface area contributed by atoms with Crippen LogP contribution in [0.3, 0.4) is 0 Å². The molecule has 0 aliphatic rings. The average Bonchev–Trinajstić information content (AvgIpc) is 2.03. The first-order valence-corrected chi connectivity index (χ1v) is 4.46. The maximum atomic E-state index is 11.0. The number of rotatable bonds is 2. The van der Waals surface area contributed by atoms with E-state index in [0.29, 0.717) is 0 Å². The van der Waals surface area contributed by atoms with Gasteiger partial charge in [-0.15, -0.1) is 0 Å². The second kappa shape index (κ2) is 4.18. The highest BCUT2D eigenvalue weighted by atomic mass is 31.2. The summed E-state index contributed by atoms with van der Waals surface area (Å²) in [7, 11) is -2.74. The summed E-state index contributed by atoms with van der Waals surface area (Å²) >= 11 is 0. The first-order valence-electron chi connectivity index (χ1n) is 3.29. The van der Waals surface area contributed by atoms with Gasteiger partial charge in [0.2, 0.25) is 0 Å². The fraction of sp³-hybridized carbons (Fsp3) is 0. The number of phenolic OH excluding ortho intramolecular Hbond substituents is 1. The van der Waals surface area contributed by atoms with Crippen LogP contribution in [-0.4, -0.2) is 20.9 Å². The standard InChI is InChI=1S/C7H7O5P/c8-6-4-2-1-3-5(6)7(9)12-13(10)11/h1-4,8,10-11H. The van der Waals surface area contributed by atoms with Crippen molar-refractivity contribution < 1.29 is 24.2 Å². The number of carbonyl (C=O) groups excluding carboxylic acids is 1. The Morgan fingerprint density at radius 3 is 2.46 bits per heavy atom. The van der Waals surface area contributed by atoms with E-state index >= 15 is 0 Å². The van der Waals surface area contributed by atoms with Crippen molar-refractivity contribution in [2.75, 3.05) is 0 Å². The van der Waals surface area contributed by atoms with Crippen LogP contribution in [0.25, 0.3) is 0 Å². The van der Waals surface area contributed by atoms with E-state index in [2.05, 4.69) is 4.52 Å². The molecular formula is C7H7O5P. The SMILES string of the molecule is O=C(OP(O)O)c1ccccc1O. The van der Waals surface area contributed by atoms with E-state index < -0.39 is 14.6 Å². The van der Waals surface area contributed by atoms with Crippen LogP contribution >= 0.6 is 8.60 Å². The Morgan fingerprint density at radius 2 is 1.92 bits per heavy atom. The van der Waals surface area contributed by atoms with E-state index in [9.17, 15) is 4.79 Å². The van der Waals surface area contributed by atoms with Crippen LogP contribution in [0.1, 0.15) is 10.4 Å². The number of hydrogen-bond donors (Lipinski definition) is 3. The third-order valence-electron chi connectivity index (χ3n) is 1.29. The van der Waals surface area contributed by atoms with Gasteiger partial charge in [-0.05, 0) is 12.1 Å². The third kappa shape index (κ3) is 2.66. The molecule has 0 radical (unpaired) electrons. The van der Waals surface area contributed by atoms with E-state index in [4.69, 9.17) is 14.9 Å². The number of para-hydroxylation sites is 1. The first-order chi connectivity index (χ1) is 6.11. The second-order valence-corrected chi connectivity index (χ2v) is 2.84. The van der Waals surface area contributed by atoms with Crippen LogP contribution in [0, 0.1) is 0 Å². The van der Waals surface area contributed by atoms with Crippen LogP contribution in [0.2, 0.25) is 0 Å². The van der Waals surface area contributed by atoms with Crippen molar-refractivity contribution in [3.05, 3.63) is 29.8 Å². The lowest BCUT2D eigenvalue weighted by molar-refractivity contribution is 0.0712. The smallest absolute Gasteiger partial charge is 0.394 e. The topological polar surface area (TPSA) is 87.0 Å². The molecule has 13 heavy (non-hydrogen) atoms. The minimum Gasteiger partial charge on any atom is -0.507 e. The molecule has 1 aromatic rings. The zero-order valence-electron chi connectivity index (χ0n) is 6.41. The van der Waals surface area contributed by atoms with Crippen molar-refractivity contribution in [2.24, 2.45) is 0 Å². The van der Waals surface area contributed by atoms with Crippen molar-refractivity contribution in [1.82, 2.24) is 0 Å². The molecule has 0 aliphatic carbocycles. The van der Waals surface area contributed by atoms with Gasteiger partial charge in [0.25, 0.3) is 0 Å². The zero-order chi connectivity index (χ0) is 9.84. The third-order valence-corrected chi connectivity index (χ3v) is 1.62. The summed E-state index contributed by atoms with van der Waals surface area (Å²) in [5.74, 6) is -1.22. The quantitative estimate of drug-likeness (QED) is 0.616. The van der Waals surface area contributed by atoms with Gasteiger partial charge >= 0.3 is 14.6 Å². The highest BCUT2D eigenvalue weighted by Gasteiger charge is 2.15. The number of carbonyl (C=O) groups is 1. The normalized spacial score (nSPS) is 10.1. The Hall–Kier alpha value is -1.16. The fourth-order valence-corrected chi connectivity index (χ4v) is 1.02. The lowest BCUT2D eigenvalue weighted by Crippen LogP contribution is -2.01. The molecule has 0 saturated heterocycles. The van der Waals surface area contributed by atoms with Gasteiger partial charge in [-0.1, -0.05) is 12.1 Å². The van der Waals surface area contributed by atoms with Gasteiger partial charge in [0.15, 0.2) is 0 Å². The van der Waals surface area contributed by atoms with Gasteiger partial charge in [0, 0.05) is 0 Å². The summed E-state index contributed by atoms with van der Waals surface area (Å²) in [6, 6.07) is 5.67. The Labute approximate surface area is 75.2 Å². The largest absolute Gasteiger partial charge is 0.507 e. The fourth-order valence-electron chi connectivity index (χ4n) is 0.770. The molecule has 0 unspecified atom stereocenters. The molecule has 1 rings (SSSR count). The van der Waals surface area contributed by atoms with Gasteiger partial charge in [0.05, 0.1) is 0 Å². The molecule has 0 atom stereocenters. The summed E-state index contributed by atoms with van der Waals surface area (Å²) in [6.07, 6.45) is 0. The summed E-state index contributed by atoms with van der Waals surface area (Å²) < 4.78 is 4.09. The molecule has 1 aromatic carbocycles. The summed E-state index contributed by atoms with van der Waals surface area (Å²) in [6.45, 7) is 0. The lowest BCUT2D eigenvalue weighted by Gasteiger charge is -2.04. The van der Waals surface area contributed by atoms with Crippen LogP contribution in [-0.2, 0) is 4.52 Å². The Kier molecular flexibility index (Phi) is 3.19. The van der Waals surface area contributed by atoms with Crippen molar-refractivity contribution in [3.63, 3.8) is 0 Å². The second-order valence-electron chi connectivity index (χ2n) is 2.15. The first kappa shape index (κ1) is 9.92. The summed E-state index contributed by atoms with van der Waals surface area (Å²) in [4.78, 5) is 27.7. The molecule has 3 N–H and O–H groups in total. The van der Waals surface area contributed by atoms with Crippen LogP contribution in [0.5, 0.6) is 5.75 Å². The van der Waals surface area contributed by atoms with E-state index in [1.807, 2.05) is 0 Å². The maximum absolute atomic E-state index is 11.0. The molecule has 0 bridgehead atoms.